The highest BCUT2D eigenvalue weighted by Crippen LogP contribution is 2.39. The van der Waals surface area contributed by atoms with Gasteiger partial charge in [0.25, 0.3) is 11.8 Å². The molecule has 7 heteroatoms. The van der Waals surface area contributed by atoms with Crippen LogP contribution in [0.25, 0.3) is 0 Å². The quantitative estimate of drug-likeness (QED) is 0.689. The number of nitrogens with one attached hydrogen (secondary N) is 1. The molecule has 122 valence electrons. The number of hydrogen-bond donors (Lipinski definition) is 3. The second-order valence-electron chi connectivity index (χ2n) is 5.63. The van der Waals surface area contributed by atoms with Gasteiger partial charge in [0, 0.05) is 12.1 Å². The van der Waals surface area contributed by atoms with Crippen molar-refractivity contribution >= 4 is 24.2 Å². The van der Waals surface area contributed by atoms with Crippen molar-refractivity contribution in [1.29, 1.82) is 0 Å². The maximum absolute atomic E-state index is 12.2. The number of ether oxygens (including phenoxy) is 1. The molecule has 1 aliphatic carbocycles. The number of halogens is 1. The van der Waals surface area contributed by atoms with Crippen LogP contribution in [0.4, 0.5) is 0 Å². The fourth-order valence-electron chi connectivity index (χ4n) is 2.23. The van der Waals surface area contributed by atoms with Crippen LogP contribution >= 0.6 is 12.4 Å². The minimum atomic E-state index is -0.542. The van der Waals surface area contributed by atoms with Gasteiger partial charge in [-0.05, 0) is 49.9 Å². The summed E-state index contributed by atoms with van der Waals surface area (Å²) in [5.74, 6) is 0.259. The van der Waals surface area contributed by atoms with Gasteiger partial charge in [-0.3, -0.25) is 9.59 Å². The fraction of sp³-hybridized carbons (Fsp3) is 0.467. The van der Waals surface area contributed by atoms with Crippen LogP contribution < -0.4 is 21.5 Å². The van der Waals surface area contributed by atoms with E-state index in [1.54, 1.807) is 24.3 Å². The van der Waals surface area contributed by atoms with Gasteiger partial charge in [-0.25, -0.2) is 0 Å². The maximum atomic E-state index is 12.2. The van der Waals surface area contributed by atoms with Crippen molar-refractivity contribution in [2.24, 2.45) is 17.4 Å². The Kier molecular flexibility index (Phi) is 6.20. The van der Waals surface area contributed by atoms with Crippen molar-refractivity contribution in [3.8, 4) is 5.75 Å². The Morgan fingerprint density at radius 3 is 2.36 bits per heavy atom. The van der Waals surface area contributed by atoms with Gasteiger partial charge < -0.3 is 21.5 Å². The fourth-order valence-corrected chi connectivity index (χ4v) is 2.23. The largest absolute Gasteiger partial charge is 0.484 e. The van der Waals surface area contributed by atoms with Crippen LogP contribution in [0.5, 0.6) is 5.75 Å². The van der Waals surface area contributed by atoms with Crippen molar-refractivity contribution in [3.63, 3.8) is 0 Å². The van der Waals surface area contributed by atoms with Crippen molar-refractivity contribution in [3.05, 3.63) is 29.8 Å². The molecule has 5 N–H and O–H groups in total. The van der Waals surface area contributed by atoms with E-state index in [9.17, 15) is 9.59 Å². The van der Waals surface area contributed by atoms with Gasteiger partial charge >= 0.3 is 0 Å². The van der Waals surface area contributed by atoms with Crippen molar-refractivity contribution in [2.75, 3.05) is 13.2 Å². The maximum Gasteiger partial charge on any atom is 0.255 e. The van der Waals surface area contributed by atoms with Gasteiger partial charge in [-0.2, -0.15) is 0 Å². The second-order valence-corrected chi connectivity index (χ2v) is 5.63. The summed E-state index contributed by atoms with van der Waals surface area (Å²) >= 11 is 0. The number of amides is 2. The van der Waals surface area contributed by atoms with Crippen LogP contribution in [0.15, 0.2) is 24.3 Å². The smallest absolute Gasteiger partial charge is 0.255 e. The highest BCUT2D eigenvalue weighted by molar-refractivity contribution is 5.94. The number of rotatable bonds is 7. The molecule has 22 heavy (non-hydrogen) atoms. The molecule has 2 amide bonds. The standard InChI is InChI=1S/C15H21N3O3.ClH/c1-15(9-16,11-4-5-11)18-14(20)10-2-6-12(7-3-10)21-8-13(17)19;/h2-3,6-7,11H,4-5,8-9,16H2,1H3,(H2,17,19)(H,18,20);1H. The third-order valence-electron chi connectivity index (χ3n) is 3.80. The van der Waals surface area contributed by atoms with E-state index in [-0.39, 0.29) is 30.5 Å². The van der Waals surface area contributed by atoms with Gasteiger partial charge in [0.1, 0.15) is 5.75 Å². The molecular formula is C15H22ClN3O3. The molecule has 0 aliphatic heterocycles. The molecule has 1 fully saturated rings. The molecular weight excluding hydrogens is 306 g/mol. The first-order valence-corrected chi connectivity index (χ1v) is 6.98. The molecule has 1 aliphatic rings. The Hall–Kier alpha value is -1.79. The van der Waals surface area contributed by atoms with Crippen molar-refractivity contribution < 1.29 is 14.3 Å². The van der Waals surface area contributed by atoms with Gasteiger partial charge in [-0.15, -0.1) is 12.4 Å². The van der Waals surface area contributed by atoms with Crippen LogP contribution in [0.2, 0.25) is 0 Å². The third kappa shape index (κ3) is 4.61. The summed E-state index contributed by atoms with van der Waals surface area (Å²) in [6, 6.07) is 6.56. The van der Waals surface area contributed by atoms with E-state index in [1.165, 1.54) is 0 Å². The number of hydrogen-bond acceptors (Lipinski definition) is 4. The van der Waals surface area contributed by atoms with E-state index >= 15 is 0 Å². The number of benzene rings is 1. The first-order valence-electron chi connectivity index (χ1n) is 6.98. The van der Waals surface area contributed by atoms with E-state index in [1.807, 2.05) is 6.92 Å². The number of nitrogens with two attached hydrogens (primary N) is 2. The molecule has 0 radical (unpaired) electrons. The Labute approximate surface area is 136 Å². The van der Waals surface area contributed by atoms with Gasteiger partial charge in [0.05, 0.1) is 5.54 Å². The number of carbonyl (C=O) groups is 2. The zero-order valence-electron chi connectivity index (χ0n) is 12.5. The Morgan fingerprint density at radius 2 is 1.91 bits per heavy atom. The number of primary amides is 1. The van der Waals surface area contributed by atoms with E-state index < -0.39 is 5.91 Å². The lowest BCUT2D eigenvalue weighted by atomic mass is 9.95. The van der Waals surface area contributed by atoms with Crippen LogP contribution in [0.1, 0.15) is 30.1 Å². The average Bonchev–Trinajstić information content (AvgIpc) is 3.30. The van der Waals surface area contributed by atoms with Crippen LogP contribution in [-0.4, -0.2) is 30.5 Å². The third-order valence-corrected chi connectivity index (χ3v) is 3.80. The van der Waals surface area contributed by atoms with Gasteiger partial charge in [0.15, 0.2) is 6.61 Å². The van der Waals surface area contributed by atoms with E-state index in [0.29, 0.717) is 23.8 Å². The van der Waals surface area contributed by atoms with E-state index in [2.05, 4.69) is 5.32 Å². The molecule has 0 aromatic heterocycles. The minimum absolute atomic E-state index is 0. The molecule has 1 aromatic rings. The zero-order valence-corrected chi connectivity index (χ0v) is 13.3. The molecule has 1 aromatic carbocycles. The minimum Gasteiger partial charge on any atom is -0.484 e. The Morgan fingerprint density at radius 1 is 1.32 bits per heavy atom. The van der Waals surface area contributed by atoms with Gasteiger partial charge in [-0.1, -0.05) is 0 Å². The summed E-state index contributed by atoms with van der Waals surface area (Å²) in [7, 11) is 0. The average molecular weight is 328 g/mol. The summed E-state index contributed by atoms with van der Waals surface area (Å²) < 4.78 is 5.15. The summed E-state index contributed by atoms with van der Waals surface area (Å²) in [6.07, 6.45) is 2.21. The summed E-state index contributed by atoms with van der Waals surface area (Å²) in [5.41, 5.74) is 11.0. The van der Waals surface area contributed by atoms with Crippen LogP contribution in [0.3, 0.4) is 0 Å². The molecule has 0 heterocycles. The molecule has 0 saturated heterocycles. The topological polar surface area (TPSA) is 107 Å². The predicted molar refractivity (Wildman–Crippen MR) is 86.0 cm³/mol. The first kappa shape index (κ1) is 18.3. The van der Waals surface area contributed by atoms with Crippen molar-refractivity contribution in [2.45, 2.75) is 25.3 Å². The first-order chi connectivity index (χ1) is 9.94. The van der Waals surface area contributed by atoms with Crippen molar-refractivity contribution in [1.82, 2.24) is 5.32 Å². The highest BCUT2D eigenvalue weighted by Gasteiger charge is 2.41. The lowest BCUT2D eigenvalue weighted by molar-refractivity contribution is -0.119. The molecule has 0 spiro atoms. The van der Waals surface area contributed by atoms with E-state index in [4.69, 9.17) is 16.2 Å². The monoisotopic (exact) mass is 327 g/mol. The molecule has 1 unspecified atom stereocenters. The predicted octanol–water partition coefficient (Wildman–Crippen LogP) is 0.830. The highest BCUT2D eigenvalue weighted by atomic mass is 35.5. The summed E-state index contributed by atoms with van der Waals surface area (Å²) in [6.45, 7) is 2.22. The molecule has 1 saturated carbocycles. The van der Waals surface area contributed by atoms with Crippen LogP contribution in [-0.2, 0) is 4.79 Å². The van der Waals surface area contributed by atoms with E-state index in [0.717, 1.165) is 12.8 Å². The second kappa shape index (κ2) is 7.47. The normalized spacial score (nSPS) is 16.1. The number of carbonyl (C=O) groups excluding carboxylic acids is 2. The molecule has 2 rings (SSSR count). The van der Waals surface area contributed by atoms with Gasteiger partial charge in [0.2, 0.25) is 0 Å². The lowest BCUT2D eigenvalue weighted by Crippen LogP contribution is -2.53. The molecule has 1 atom stereocenters. The zero-order chi connectivity index (χ0) is 15.5. The lowest BCUT2D eigenvalue weighted by Gasteiger charge is -2.29. The molecule has 6 nitrogen and oxygen atoms in total. The summed E-state index contributed by atoms with van der Waals surface area (Å²) in [4.78, 5) is 22.9. The SMILES string of the molecule is CC(CN)(NC(=O)c1ccc(OCC(N)=O)cc1)C1CC1.Cl. The summed E-state index contributed by atoms with van der Waals surface area (Å²) in [5, 5.41) is 3.01. The Balaban J connectivity index is 0.00000242. The molecule has 0 bridgehead atoms. The Bertz CT molecular complexity index is 531. The van der Waals surface area contributed by atoms with Crippen LogP contribution in [0, 0.1) is 5.92 Å².